The Hall–Kier alpha value is -1.44. The molecule has 0 aromatic heterocycles. The van der Waals surface area contributed by atoms with Crippen LogP contribution in [-0.2, 0) is 4.74 Å². The van der Waals surface area contributed by atoms with Crippen molar-refractivity contribution in [2.75, 3.05) is 0 Å². The molecule has 18 heavy (non-hydrogen) atoms. The first kappa shape index (κ1) is 16.6. The molecule has 1 nitrogen and oxygen atoms in total. The molecule has 0 bridgehead atoms. The first-order chi connectivity index (χ1) is 8.34. The van der Waals surface area contributed by atoms with Crippen LogP contribution >= 0.6 is 15.9 Å². The average molecular weight is 335 g/mol. The zero-order valence-electron chi connectivity index (χ0n) is 8.44. The molecule has 0 radical (unpaired) electrons. The van der Waals surface area contributed by atoms with Crippen LogP contribution < -0.4 is 0 Å². The molecule has 0 atom stereocenters. The lowest BCUT2D eigenvalue weighted by Crippen LogP contribution is -1.85. The van der Waals surface area contributed by atoms with Gasteiger partial charge in [0.1, 0.15) is 0 Å². The van der Waals surface area contributed by atoms with Gasteiger partial charge in [0.15, 0.2) is 0 Å². The van der Waals surface area contributed by atoms with Crippen LogP contribution in [0.25, 0.3) is 0 Å². The van der Waals surface area contributed by atoms with Gasteiger partial charge < -0.3 is 4.74 Å². The predicted molar refractivity (Wildman–Crippen MR) is 55.9 cm³/mol. The molecule has 0 unspecified atom stereocenters. The highest BCUT2D eigenvalue weighted by Crippen LogP contribution is 2.19. The van der Waals surface area contributed by atoms with Crippen molar-refractivity contribution < 1.29 is 31.1 Å². The number of hydrogen-bond donors (Lipinski definition) is 0. The minimum atomic E-state index is -3.01. The summed E-state index contributed by atoms with van der Waals surface area (Å²) in [5.41, 5.74) is 0. The zero-order valence-corrected chi connectivity index (χ0v) is 10.0. The Morgan fingerprint density at radius 2 is 1.17 bits per heavy atom. The topological polar surface area (TPSA) is 9.23 Å². The molecule has 0 fully saturated rings. The normalized spacial score (nSPS) is 8.83. The summed E-state index contributed by atoms with van der Waals surface area (Å²) in [7, 11) is 0. The van der Waals surface area contributed by atoms with Gasteiger partial charge in [-0.25, -0.2) is 0 Å². The lowest BCUT2D eigenvalue weighted by atomic mass is 10.4. The Bertz CT molecular complexity index is 401. The second-order valence-electron chi connectivity index (χ2n) is 2.47. The summed E-state index contributed by atoms with van der Waals surface area (Å²) < 4.78 is 70.7. The monoisotopic (exact) mass is 334 g/mol. The van der Waals surface area contributed by atoms with Crippen LogP contribution in [0.4, 0.5) is 26.3 Å². The van der Waals surface area contributed by atoms with Gasteiger partial charge in [-0.2, -0.15) is 26.3 Å². The highest BCUT2D eigenvalue weighted by atomic mass is 79.9. The Kier molecular flexibility index (Phi) is 7.93. The standard InChI is InChI=1S/C6H5Br.C4F6O/c7-6-4-2-1-3-5-6;5-1(6)3(9)11-4(10)2(7)8/h1-5H;. The molecule has 0 aliphatic rings. The number of ether oxygens (including phenoxy) is 1. The van der Waals surface area contributed by atoms with Crippen LogP contribution in [0, 0.1) is 0 Å². The maximum atomic E-state index is 11.4. The molecule has 0 saturated heterocycles. The van der Waals surface area contributed by atoms with Crippen molar-refractivity contribution in [2.24, 2.45) is 0 Å². The number of hydrogen-bond acceptors (Lipinski definition) is 1. The van der Waals surface area contributed by atoms with E-state index in [2.05, 4.69) is 20.7 Å². The summed E-state index contributed by atoms with van der Waals surface area (Å²) in [6, 6.07) is 4.60. The van der Waals surface area contributed by atoms with Crippen molar-refractivity contribution in [1.29, 1.82) is 0 Å². The third-order valence-corrected chi connectivity index (χ3v) is 1.74. The molecule has 0 N–H and O–H groups in total. The quantitative estimate of drug-likeness (QED) is 0.511. The van der Waals surface area contributed by atoms with Gasteiger partial charge in [-0.3, -0.25) is 0 Å². The first-order valence-electron chi connectivity index (χ1n) is 4.14. The van der Waals surface area contributed by atoms with Gasteiger partial charge in [0, 0.05) is 4.47 Å². The van der Waals surface area contributed by atoms with E-state index in [9.17, 15) is 26.3 Å². The summed E-state index contributed by atoms with van der Waals surface area (Å²) in [6.45, 7) is 0. The Morgan fingerprint density at radius 3 is 1.39 bits per heavy atom. The molecule has 0 amide bonds. The van der Waals surface area contributed by atoms with Crippen molar-refractivity contribution >= 4 is 15.9 Å². The van der Waals surface area contributed by atoms with Gasteiger partial charge in [0.05, 0.1) is 0 Å². The Balaban J connectivity index is 0.000000351. The SMILES string of the molecule is Brc1ccccc1.FC(F)=C(F)OC(F)=C(F)F. The molecule has 100 valence electrons. The van der Waals surface area contributed by atoms with E-state index < -0.39 is 24.2 Å². The smallest absolute Gasteiger partial charge is 0.346 e. The maximum Gasteiger partial charge on any atom is 0.346 e. The van der Waals surface area contributed by atoms with Gasteiger partial charge in [-0.05, 0) is 12.1 Å². The fraction of sp³-hybridized carbons (Fsp3) is 0. The molecule has 0 aliphatic heterocycles. The van der Waals surface area contributed by atoms with Gasteiger partial charge in [-0.15, -0.1) is 0 Å². The van der Waals surface area contributed by atoms with Crippen LogP contribution in [0.5, 0.6) is 0 Å². The third-order valence-electron chi connectivity index (χ3n) is 1.21. The van der Waals surface area contributed by atoms with Crippen LogP contribution in [0.15, 0.2) is 59.0 Å². The van der Waals surface area contributed by atoms with Crippen molar-refractivity contribution in [1.82, 2.24) is 0 Å². The van der Waals surface area contributed by atoms with Crippen molar-refractivity contribution in [3.05, 3.63) is 59.0 Å². The van der Waals surface area contributed by atoms with Crippen molar-refractivity contribution in [2.45, 2.75) is 0 Å². The second-order valence-corrected chi connectivity index (χ2v) is 3.38. The van der Waals surface area contributed by atoms with Crippen LogP contribution in [-0.4, -0.2) is 0 Å². The van der Waals surface area contributed by atoms with E-state index in [1.54, 1.807) is 0 Å². The van der Waals surface area contributed by atoms with Crippen LogP contribution in [0.1, 0.15) is 0 Å². The predicted octanol–water partition coefficient (Wildman–Crippen LogP) is 5.52. The average Bonchev–Trinajstić information content (AvgIpc) is 2.30. The molecular weight excluding hydrogens is 330 g/mol. The zero-order chi connectivity index (χ0) is 14.1. The highest BCUT2D eigenvalue weighted by molar-refractivity contribution is 9.10. The van der Waals surface area contributed by atoms with E-state index in [0.717, 1.165) is 4.47 Å². The molecule has 0 heterocycles. The number of benzene rings is 1. The lowest BCUT2D eigenvalue weighted by Gasteiger charge is -1.94. The second kappa shape index (κ2) is 8.62. The van der Waals surface area contributed by atoms with Gasteiger partial charge in [-0.1, -0.05) is 34.1 Å². The summed E-state index contributed by atoms with van der Waals surface area (Å²) in [4.78, 5) is 0. The van der Waals surface area contributed by atoms with E-state index in [0.29, 0.717) is 0 Å². The molecule has 0 spiro atoms. The van der Waals surface area contributed by atoms with E-state index in [1.807, 2.05) is 30.3 Å². The molecule has 1 rings (SSSR count). The number of halogens is 7. The lowest BCUT2D eigenvalue weighted by molar-refractivity contribution is 0.109. The summed E-state index contributed by atoms with van der Waals surface area (Å²) in [6.07, 6.45) is -6.03. The molecular formula is C10H5BrF6O. The third kappa shape index (κ3) is 7.77. The van der Waals surface area contributed by atoms with Crippen molar-refractivity contribution in [3.8, 4) is 0 Å². The molecule has 0 aliphatic carbocycles. The molecule has 0 saturated carbocycles. The van der Waals surface area contributed by atoms with Gasteiger partial charge in [0.25, 0.3) is 0 Å². The van der Waals surface area contributed by atoms with E-state index >= 15 is 0 Å². The summed E-state index contributed by atoms with van der Waals surface area (Å²) in [5.74, 6) is 0. The van der Waals surface area contributed by atoms with Crippen molar-refractivity contribution in [3.63, 3.8) is 0 Å². The number of rotatable bonds is 2. The largest absolute Gasteiger partial charge is 0.396 e. The fourth-order valence-electron chi connectivity index (χ4n) is 0.570. The highest BCUT2D eigenvalue weighted by Gasteiger charge is 2.13. The Labute approximate surface area is 106 Å². The fourth-order valence-corrected chi connectivity index (χ4v) is 0.876. The minimum absolute atomic E-state index is 1.13. The minimum Gasteiger partial charge on any atom is -0.396 e. The van der Waals surface area contributed by atoms with E-state index in [4.69, 9.17) is 0 Å². The molecule has 1 aromatic carbocycles. The Morgan fingerprint density at radius 1 is 0.778 bits per heavy atom. The van der Waals surface area contributed by atoms with E-state index in [1.165, 1.54) is 0 Å². The van der Waals surface area contributed by atoms with Crippen LogP contribution in [0.2, 0.25) is 0 Å². The van der Waals surface area contributed by atoms with Gasteiger partial charge in [0.2, 0.25) is 0 Å². The van der Waals surface area contributed by atoms with Gasteiger partial charge >= 0.3 is 24.2 Å². The maximum absolute atomic E-state index is 11.4. The summed E-state index contributed by atoms with van der Waals surface area (Å²) >= 11 is 3.31. The summed E-state index contributed by atoms with van der Waals surface area (Å²) in [5, 5.41) is 0. The van der Waals surface area contributed by atoms with Crippen LogP contribution in [0.3, 0.4) is 0 Å². The first-order valence-corrected chi connectivity index (χ1v) is 4.93. The molecule has 1 aromatic rings. The van der Waals surface area contributed by atoms with E-state index in [-0.39, 0.29) is 0 Å². The molecule has 8 heteroatoms.